The van der Waals surface area contributed by atoms with Gasteiger partial charge in [0.05, 0.1) is 11.6 Å². The second kappa shape index (κ2) is 10.9. The van der Waals surface area contributed by atoms with Crippen molar-refractivity contribution in [2.24, 2.45) is 0 Å². The number of carbonyl (C=O) groups excluding carboxylic acids is 3. The van der Waals surface area contributed by atoms with E-state index in [9.17, 15) is 14.4 Å². The average molecular weight is 415 g/mol. The molecule has 0 saturated heterocycles. The van der Waals surface area contributed by atoms with E-state index in [2.05, 4.69) is 5.32 Å². The number of amides is 1. The highest BCUT2D eigenvalue weighted by atomic mass is 16.5. The summed E-state index contributed by atoms with van der Waals surface area (Å²) in [6, 6.07) is 24.7. The maximum atomic E-state index is 12.4. The molecule has 0 aliphatic heterocycles. The van der Waals surface area contributed by atoms with Gasteiger partial charge in [0.25, 0.3) is 5.91 Å². The van der Waals surface area contributed by atoms with Crippen LogP contribution in [0.2, 0.25) is 0 Å². The Hall–Kier alpha value is -3.73. The maximum Gasteiger partial charge on any atom is 0.338 e. The summed E-state index contributed by atoms with van der Waals surface area (Å²) in [6.07, 6.45) is 1.70. The number of rotatable bonds is 9. The molecule has 0 heterocycles. The van der Waals surface area contributed by atoms with Gasteiger partial charge in [0.1, 0.15) is 0 Å². The summed E-state index contributed by atoms with van der Waals surface area (Å²) >= 11 is 0. The van der Waals surface area contributed by atoms with Crippen LogP contribution in [0.25, 0.3) is 0 Å². The first-order valence-electron chi connectivity index (χ1n) is 10.3. The van der Waals surface area contributed by atoms with E-state index >= 15 is 0 Å². The quantitative estimate of drug-likeness (QED) is 0.405. The predicted molar refractivity (Wildman–Crippen MR) is 119 cm³/mol. The third-order valence-electron chi connectivity index (χ3n) is 4.87. The second-order valence-corrected chi connectivity index (χ2v) is 7.17. The molecule has 0 bridgehead atoms. The zero-order chi connectivity index (χ0) is 22.1. The largest absolute Gasteiger partial charge is 0.452 e. The fourth-order valence-corrected chi connectivity index (χ4v) is 3.26. The van der Waals surface area contributed by atoms with Gasteiger partial charge in [-0.1, -0.05) is 86.1 Å². The van der Waals surface area contributed by atoms with Gasteiger partial charge < -0.3 is 10.1 Å². The van der Waals surface area contributed by atoms with Crippen LogP contribution < -0.4 is 5.32 Å². The standard InChI is InChI=1S/C26H25NO4/c1-2-9-23(19-10-5-3-6-11-19)27-24(28)18-31-26(30)22-16-14-21(15-17-22)25(29)20-12-7-4-8-13-20/h3-8,10-17,23H,2,9,18H2,1H3,(H,27,28)/t23-/m0/s1. The highest BCUT2D eigenvalue weighted by Crippen LogP contribution is 2.18. The molecule has 3 aromatic carbocycles. The van der Waals surface area contributed by atoms with Crippen LogP contribution in [0.4, 0.5) is 0 Å². The molecule has 0 aliphatic rings. The molecule has 1 amide bonds. The van der Waals surface area contributed by atoms with Crippen LogP contribution in [-0.4, -0.2) is 24.3 Å². The third-order valence-corrected chi connectivity index (χ3v) is 4.87. The Kier molecular flexibility index (Phi) is 7.71. The van der Waals surface area contributed by atoms with E-state index in [1.54, 1.807) is 36.4 Å². The van der Waals surface area contributed by atoms with E-state index in [0.717, 1.165) is 18.4 Å². The first-order chi connectivity index (χ1) is 15.1. The fourth-order valence-electron chi connectivity index (χ4n) is 3.26. The summed E-state index contributed by atoms with van der Waals surface area (Å²) in [7, 11) is 0. The zero-order valence-corrected chi connectivity index (χ0v) is 17.4. The Bertz CT molecular complexity index is 1010. The van der Waals surface area contributed by atoms with Crippen molar-refractivity contribution in [2.75, 3.05) is 6.61 Å². The lowest BCUT2D eigenvalue weighted by atomic mass is 10.0. The minimum Gasteiger partial charge on any atom is -0.452 e. The van der Waals surface area contributed by atoms with Gasteiger partial charge in [-0.2, -0.15) is 0 Å². The Labute approximate surface area is 182 Å². The lowest BCUT2D eigenvalue weighted by Crippen LogP contribution is -2.32. The highest BCUT2D eigenvalue weighted by Gasteiger charge is 2.16. The molecule has 0 unspecified atom stereocenters. The lowest BCUT2D eigenvalue weighted by molar-refractivity contribution is -0.125. The zero-order valence-electron chi connectivity index (χ0n) is 17.4. The molecule has 0 aliphatic carbocycles. The molecule has 5 nitrogen and oxygen atoms in total. The number of carbonyl (C=O) groups is 3. The predicted octanol–water partition coefficient (Wildman–Crippen LogP) is 4.73. The number of ketones is 1. The van der Waals surface area contributed by atoms with Gasteiger partial charge in [-0.25, -0.2) is 4.79 Å². The Morgan fingerprint density at radius 2 is 1.32 bits per heavy atom. The summed E-state index contributed by atoms with van der Waals surface area (Å²) < 4.78 is 5.15. The van der Waals surface area contributed by atoms with Crippen molar-refractivity contribution in [2.45, 2.75) is 25.8 Å². The van der Waals surface area contributed by atoms with Crippen molar-refractivity contribution in [1.29, 1.82) is 0 Å². The molecule has 5 heteroatoms. The Balaban J connectivity index is 1.55. The first-order valence-corrected chi connectivity index (χ1v) is 10.3. The van der Waals surface area contributed by atoms with E-state index in [1.807, 2.05) is 43.3 Å². The number of hydrogen-bond acceptors (Lipinski definition) is 4. The van der Waals surface area contributed by atoms with Gasteiger partial charge in [0.2, 0.25) is 0 Å². The molecule has 3 aromatic rings. The highest BCUT2D eigenvalue weighted by molar-refractivity contribution is 6.09. The molecular formula is C26H25NO4. The van der Waals surface area contributed by atoms with Crippen molar-refractivity contribution in [3.8, 4) is 0 Å². The summed E-state index contributed by atoms with van der Waals surface area (Å²) in [4.78, 5) is 37.0. The van der Waals surface area contributed by atoms with Crippen LogP contribution in [-0.2, 0) is 9.53 Å². The molecule has 0 aromatic heterocycles. The minimum atomic E-state index is -0.611. The van der Waals surface area contributed by atoms with Crippen molar-refractivity contribution in [1.82, 2.24) is 5.32 Å². The van der Waals surface area contributed by atoms with E-state index in [4.69, 9.17) is 4.74 Å². The molecular weight excluding hydrogens is 390 g/mol. The van der Waals surface area contributed by atoms with Crippen LogP contribution >= 0.6 is 0 Å². The van der Waals surface area contributed by atoms with Crippen molar-refractivity contribution < 1.29 is 19.1 Å². The van der Waals surface area contributed by atoms with Crippen LogP contribution in [0, 0.1) is 0 Å². The van der Waals surface area contributed by atoms with Gasteiger partial charge >= 0.3 is 5.97 Å². The number of hydrogen-bond donors (Lipinski definition) is 1. The lowest BCUT2D eigenvalue weighted by Gasteiger charge is -2.18. The van der Waals surface area contributed by atoms with Crippen molar-refractivity contribution >= 4 is 17.7 Å². The molecule has 1 atom stereocenters. The average Bonchev–Trinajstić information content (AvgIpc) is 2.83. The third kappa shape index (κ3) is 6.12. The summed E-state index contributed by atoms with van der Waals surface area (Å²) in [5.41, 5.74) is 2.36. The number of ether oxygens (including phenoxy) is 1. The van der Waals surface area contributed by atoms with E-state index < -0.39 is 5.97 Å². The monoisotopic (exact) mass is 415 g/mol. The normalized spacial score (nSPS) is 11.4. The second-order valence-electron chi connectivity index (χ2n) is 7.17. The molecule has 0 fully saturated rings. The van der Waals surface area contributed by atoms with Crippen molar-refractivity contribution in [3.63, 3.8) is 0 Å². The molecule has 0 radical (unpaired) electrons. The van der Waals surface area contributed by atoms with Gasteiger partial charge in [-0.05, 0) is 24.1 Å². The van der Waals surface area contributed by atoms with E-state index in [0.29, 0.717) is 11.1 Å². The van der Waals surface area contributed by atoms with Gasteiger partial charge in [-0.15, -0.1) is 0 Å². The first kappa shape index (κ1) is 22.0. The van der Waals surface area contributed by atoms with Gasteiger partial charge in [0, 0.05) is 11.1 Å². The fraction of sp³-hybridized carbons (Fsp3) is 0.192. The smallest absolute Gasteiger partial charge is 0.338 e. The number of nitrogens with one attached hydrogen (secondary N) is 1. The summed E-state index contributed by atoms with van der Waals surface area (Å²) in [6.45, 7) is 1.69. The van der Waals surface area contributed by atoms with Crippen LogP contribution in [0.1, 0.15) is 57.7 Å². The van der Waals surface area contributed by atoms with Gasteiger partial charge in [0.15, 0.2) is 12.4 Å². The van der Waals surface area contributed by atoms with Crippen LogP contribution in [0.3, 0.4) is 0 Å². The van der Waals surface area contributed by atoms with Gasteiger partial charge in [-0.3, -0.25) is 9.59 Å². The Morgan fingerprint density at radius 1 is 0.774 bits per heavy atom. The molecule has 3 rings (SSSR count). The number of esters is 1. The van der Waals surface area contributed by atoms with Crippen molar-refractivity contribution in [3.05, 3.63) is 107 Å². The molecule has 158 valence electrons. The molecule has 0 spiro atoms. The maximum absolute atomic E-state index is 12.4. The van der Waals surface area contributed by atoms with E-state index in [-0.39, 0.29) is 29.9 Å². The Morgan fingerprint density at radius 3 is 1.94 bits per heavy atom. The minimum absolute atomic E-state index is 0.122. The van der Waals surface area contributed by atoms with Crippen LogP contribution in [0.15, 0.2) is 84.9 Å². The van der Waals surface area contributed by atoms with E-state index in [1.165, 1.54) is 12.1 Å². The summed E-state index contributed by atoms with van der Waals surface area (Å²) in [5, 5.41) is 2.92. The summed E-state index contributed by atoms with van der Waals surface area (Å²) in [5.74, 6) is -1.09. The molecule has 1 N–H and O–H groups in total. The SMILES string of the molecule is CCC[C@H](NC(=O)COC(=O)c1ccc(C(=O)c2ccccc2)cc1)c1ccccc1. The van der Waals surface area contributed by atoms with Crippen LogP contribution in [0.5, 0.6) is 0 Å². The topological polar surface area (TPSA) is 72.5 Å². The number of benzene rings is 3. The molecule has 31 heavy (non-hydrogen) atoms. The molecule has 0 saturated carbocycles.